The number of nitrogens with zero attached hydrogens (tertiary/aromatic N) is 2. The molecule has 0 atom stereocenters. The predicted octanol–water partition coefficient (Wildman–Crippen LogP) is 2.09. The Balaban J connectivity index is 2.44. The number of hydrogen-bond donors (Lipinski definition) is 1. The van der Waals surface area contributed by atoms with Gasteiger partial charge >= 0.3 is 5.97 Å². The summed E-state index contributed by atoms with van der Waals surface area (Å²) in [5.41, 5.74) is -0.231. The summed E-state index contributed by atoms with van der Waals surface area (Å²) in [6.07, 6.45) is 0. The van der Waals surface area contributed by atoms with E-state index in [1.54, 1.807) is 0 Å². The topological polar surface area (TPSA) is 76.2 Å². The molecule has 0 saturated heterocycles. The first-order valence-electron chi connectivity index (χ1n) is 5.24. The van der Waals surface area contributed by atoms with Crippen molar-refractivity contribution in [1.29, 1.82) is 0 Å². The van der Waals surface area contributed by atoms with Crippen molar-refractivity contribution in [2.45, 2.75) is 40.0 Å². The van der Waals surface area contributed by atoms with Gasteiger partial charge in [0.15, 0.2) is 0 Å². The van der Waals surface area contributed by atoms with Gasteiger partial charge < -0.3 is 9.63 Å². The van der Waals surface area contributed by atoms with Gasteiger partial charge in [0.25, 0.3) is 5.82 Å². The van der Waals surface area contributed by atoms with Crippen molar-refractivity contribution < 1.29 is 14.4 Å². The Morgan fingerprint density at radius 2 is 1.69 bits per heavy atom. The number of rotatable bonds is 2. The van der Waals surface area contributed by atoms with E-state index in [-0.39, 0.29) is 22.1 Å². The third kappa shape index (κ3) is 0.936. The zero-order chi connectivity index (χ0) is 12.4. The standard InChI is InChI=1S/C11H16N2O3/c1-9(2)10(3,4)11(9,5)8-12-6(7(14)15)13-16-8/h1-5H3,(H,14,15). The van der Waals surface area contributed by atoms with Crippen molar-refractivity contribution in [1.82, 2.24) is 10.1 Å². The molecule has 1 heterocycles. The molecule has 0 unspecified atom stereocenters. The lowest BCUT2D eigenvalue weighted by atomic mass is 9.97. The lowest BCUT2D eigenvalue weighted by Crippen LogP contribution is -2.12. The van der Waals surface area contributed by atoms with Crippen LogP contribution in [0.5, 0.6) is 0 Å². The smallest absolute Gasteiger partial charge is 0.377 e. The van der Waals surface area contributed by atoms with E-state index in [0.717, 1.165) is 0 Å². The summed E-state index contributed by atoms with van der Waals surface area (Å²) in [7, 11) is 0. The van der Waals surface area contributed by atoms with Gasteiger partial charge in [-0.1, -0.05) is 27.7 Å². The highest BCUT2D eigenvalue weighted by atomic mass is 16.5. The van der Waals surface area contributed by atoms with Crippen LogP contribution in [0.15, 0.2) is 4.52 Å². The molecule has 1 aliphatic rings. The van der Waals surface area contributed by atoms with E-state index in [9.17, 15) is 4.79 Å². The number of carboxylic acids is 1. The van der Waals surface area contributed by atoms with Crippen LogP contribution in [0.4, 0.5) is 0 Å². The fourth-order valence-electron chi connectivity index (χ4n) is 2.64. The highest BCUT2D eigenvalue weighted by Crippen LogP contribution is 2.77. The molecule has 1 N–H and O–H groups in total. The van der Waals surface area contributed by atoms with Crippen molar-refractivity contribution in [2.24, 2.45) is 10.8 Å². The molecular formula is C11H16N2O3. The van der Waals surface area contributed by atoms with Crippen LogP contribution in [-0.4, -0.2) is 21.2 Å². The molecule has 1 aromatic heterocycles. The average Bonchev–Trinajstić information content (AvgIpc) is 2.63. The molecule has 0 amide bonds. The van der Waals surface area contributed by atoms with E-state index < -0.39 is 5.97 Å². The molecule has 5 nitrogen and oxygen atoms in total. The molecule has 0 aromatic carbocycles. The van der Waals surface area contributed by atoms with Crippen LogP contribution in [0.2, 0.25) is 0 Å². The van der Waals surface area contributed by atoms with Gasteiger partial charge in [-0.2, -0.15) is 4.98 Å². The van der Waals surface area contributed by atoms with Gasteiger partial charge in [0, 0.05) is 0 Å². The summed E-state index contributed by atoms with van der Waals surface area (Å²) in [4.78, 5) is 14.7. The predicted molar refractivity (Wildman–Crippen MR) is 56.2 cm³/mol. The minimum Gasteiger partial charge on any atom is -0.475 e. The third-order valence-corrected chi connectivity index (χ3v) is 5.05. The largest absolute Gasteiger partial charge is 0.475 e. The molecule has 5 heteroatoms. The Labute approximate surface area is 93.9 Å². The zero-order valence-corrected chi connectivity index (χ0v) is 10.2. The molecule has 0 aliphatic heterocycles. The summed E-state index contributed by atoms with van der Waals surface area (Å²) in [6.45, 7) is 10.5. The Hall–Kier alpha value is -1.39. The Morgan fingerprint density at radius 1 is 1.19 bits per heavy atom. The van der Waals surface area contributed by atoms with Crippen LogP contribution in [-0.2, 0) is 5.41 Å². The Kier molecular flexibility index (Phi) is 1.84. The second kappa shape index (κ2) is 2.64. The van der Waals surface area contributed by atoms with E-state index in [0.29, 0.717) is 5.89 Å². The summed E-state index contributed by atoms with van der Waals surface area (Å²) in [6, 6.07) is 0. The van der Waals surface area contributed by atoms with Crippen LogP contribution in [0, 0.1) is 10.8 Å². The quantitative estimate of drug-likeness (QED) is 0.832. The van der Waals surface area contributed by atoms with E-state index in [1.807, 2.05) is 6.92 Å². The van der Waals surface area contributed by atoms with Crippen LogP contribution < -0.4 is 0 Å². The van der Waals surface area contributed by atoms with Crippen molar-refractivity contribution in [3.8, 4) is 0 Å². The Morgan fingerprint density at radius 3 is 2.00 bits per heavy atom. The average molecular weight is 224 g/mol. The van der Waals surface area contributed by atoms with Crippen LogP contribution in [0.3, 0.4) is 0 Å². The summed E-state index contributed by atoms with van der Waals surface area (Å²) in [5, 5.41) is 12.2. The number of carboxylic acid groups (broad SMARTS) is 1. The molecule has 2 rings (SSSR count). The SMILES string of the molecule is CC1(C)C(C)(C)C1(C)c1nc(C(=O)O)no1. The van der Waals surface area contributed by atoms with Crippen molar-refractivity contribution in [3.63, 3.8) is 0 Å². The number of aromatic nitrogens is 2. The maximum Gasteiger partial charge on any atom is 0.377 e. The molecule has 0 spiro atoms. The highest BCUT2D eigenvalue weighted by molar-refractivity contribution is 5.82. The molecule has 1 aliphatic carbocycles. The first kappa shape index (κ1) is 11.1. The molecule has 1 fully saturated rings. The number of hydrogen-bond acceptors (Lipinski definition) is 4. The molecule has 1 aromatic rings. The fraction of sp³-hybridized carbons (Fsp3) is 0.727. The van der Waals surface area contributed by atoms with Crippen LogP contribution in [0.25, 0.3) is 0 Å². The van der Waals surface area contributed by atoms with Crippen molar-refractivity contribution in [3.05, 3.63) is 11.7 Å². The van der Waals surface area contributed by atoms with E-state index in [4.69, 9.17) is 9.63 Å². The molecular weight excluding hydrogens is 208 g/mol. The van der Waals surface area contributed by atoms with Gasteiger partial charge in [0.2, 0.25) is 5.89 Å². The van der Waals surface area contributed by atoms with Crippen molar-refractivity contribution in [2.75, 3.05) is 0 Å². The minimum absolute atomic E-state index is 0.0162. The van der Waals surface area contributed by atoms with Crippen molar-refractivity contribution >= 4 is 5.97 Å². The minimum atomic E-state index is -1.16. The number of carbonyl (C=O) groups is 1. The van der Waals surface area contributed by atoms with E-state index in [2.05, 4.69) is 37.8 Å². The van der Waals surface area contributed by atoms with Gasteiger partial charge in [-0.15, -0.1) is 0 Å². The van der Waals surface area contributed by atoms with Gasteiger partial charge in [-0.05, 0) is 22.9 Å². The number of aromatic carboxylic acids is 1. The summed E-state index contributed by atoms with van der Waals surface area (Å²) < 4.78 is 5.08. The van der Waals surface area contributed by atoms with Gasteiger partial charge in [-0.25, -0.2) is 4.79 Å². The fourth-order valence-corrected chi connectivity index (χ4v) is 2.64. The highest BCUT2D eigenvalue weighted by Gasteiger charge is 2.77. The second-order valence-electron chi connectivity index (χ2n) is 5.60. The first-order chi connectivity index (χ1) is 7.16. The second-order valence-corrected chi connectivity index (χ2v) is 5.60. The van der Waals surface area contributed by atoms with Gasteiger partial charge in [-0.3, -0.25) is 0 Å². The molecule has 16 heavy (non-hydrogen) atoms. The molecule has 0 radical (unpaired) electrons. The maximum atomic E-state index is 10.7. The third-order valence-electron chi connectivity index (χ3n) is 5.05. The van der Waals surface area contributed by atoms with Gasteiger partial charge in [0.1, 0.15) is 0 Å². The molecule has 1 saturated carbocycles. The van der Waals surface area contributed by atoms with Crippen LogP contribution in [0.1, 0.15) is 51.1 Å². The van der Waals surface area contributed by atoms with Crippen LogP contribution >= 0.6 is 0 Å². The van der Waals surface area contributed by atoms with Gasteiger partial charge in [0.05, 0.1) is 5.41 Å². The first-order valence-corrected chi connectivity index (χ1v) is 5.24. The Bertz CT molecular complexity index is 446. The monoisotopic (exact) mass is 224 g/mol. The molecule has 0 bridgehead atoms. The summed E-state index contributed by atoms with van der Waals surface area (Å²) >= 11 is 0. The summed E-state index contributed by atoms with van der Waals surface area (Å²) in [5.74, 6) is -1.01. The maximum absolute atomic E-state index is 10.7. The lowest BCUT2D eigenvalue weighted by Gasteiger charge is -2.08. The van der Waals surface area contributed by atoms with E-state index in [1.165, 1.54) is 0 Å². The normalized spacial score (nSPS) is 24.1. The lowest BCUT2D eigenvalue weighted by molar-refractivity contribution is 0.0680. The van der Waals surface area contributed by atoms with E-state index >= 15 is 0 Å². The zero-order valence-electron chi connectivity index (χ0n) is 10.2. The molecule has 88 valence electrons.